The van der Waals surface area contributed by atoms with Gasteiger partial charge in [-0.05, 0) is 36.4 Å². The Hall–Kier alpha value is -2.89. The topological polar surface area (TPSA) is 88.5 Å². The molecule has 1 heterocycles. The lowest BCUT2D eigenvalue weighted by Crippen LogP contribution is -2.05. The van der Waals surface area contributed by atoms with Gasteiger partial charge in [0.05, 0.1) is 0 Å². The van der Waals surface area contributed by atoms with Crippen molar-refractivity contribution in [3.05, 3.63) is 48.2 Å². The summed E-state index contributed by atoms with van der Waals surface area (Å²) in [6.07, 6.45) is 1.45. The van der Waals surface area contributed by atoms with Gasteiger partial charge in [0.15, 0.2) is 0 Å². The van der Waals surface area contributed by atoms with Crippen LogP contribution in [0.5, 0.6) is 11.6 Å². The van der Waals surface area contributed by atoms with Crippen molar-refractivity contribution in [2.24, 2.45) is 0 Å². The van der Waals surface area contributed by atoms with E-state index in [0.717, 1.165) is 0 Å². The van der Waals surface area contributed by atoms with Crippen LogP contribution in [0.2, 0.25) is 0 Å². The number of hydrogen-bond donors (Lipinski definition) is 2. The first-order valence-electron chi connectivity index (χ1n) is 5.80. The summed E-state index contributed by atoms with van der Waals surface area (Å²) in [7, 11) is 0. The van der Waals surface area contributed by atoms with Crippen LogP contribution in [-0.2, 0) is 4.79 Å². The lowest BCUT2D eigenvalue weighted by molar-refractivity contribution is -0.114. The Morgan fingerprint density at radius 2 is 1.90 bits per heavy atom. The average molecular weight is 272 g/mol. The molecule has 6 nitrogen and oxygen atoms in total. The number of rotatable bonds is 4. The molecule has 6 heteroatoms. The van der Waals surface area contributed by atoms with Crippen molar-refractivity contribution < 1.29 is 19.4 Å². The maximum atomic E-state index is 11.0. The van der Waals surface area contributed by atoms with Crippen molar-refractivity contribution in [3.8, 4) is 11.6 Å². The molecule has 0 saturated carbocycles. The maximum absolute atomic E-state index is 11.0. The Bertz CT molecular complexity index is 638. The summed E-state index contributed by atoms with van der Waals surface area (Å²) < 4.78 is 5.43. The summed E-state index contributed by atoms with van der Waals surface area (Å²) in [5.74, 6) is -0.827. The van der Waals surface area contributed by atoms with Gasteiger partial charge in [-0.25, -0.2) is 9.78 Å². The number of ether oxygens (including phenoxy) is 1. The van der Waals surface area contributed by atoms with Gasteiger partial charge in [-0.1, -0.05) is 0 Å². The molecule has 2 rings (SSSR count). The Kier molecular flexibility index (Phi) is 3.95. The zero-order valence-corrected chi connectivity index (χ0v) is 10.7. The van der Waals surface area contributed by atoms with E-state index in [1.165, 1.54) is 25.3 Å². The summed E-state index contributed by atoms with van der Waals surface area (Å²) in [6.45, 7) is 1.41. The van der Waals surface area contributed by atoms with E-state index in [-0.39, 0.29) is 17.4 Å². The van der Waals surface area contributed by atoms with Gasteiger partial charge >= 0.3 is 5.97 Å². The maximum Gasteiger partial charge on any atom is 0.341 e. The summed E-state index contributed by atoms with van der Waals surface area (Å²) in [5, 5.41) is 11.6. The predicted molar refractivity (Wildman–Crippen MR) is 72.0 cm³/mol. The third-order valence-corrected chi connectivity index (χ3v) is 2.39. The second-order valence-electron chi connectivity index (χ2n) is 3.97. The minimum absolute atomic E-state index is 0.0153. The Labute approximate surface area is 115 Å². The number of nitrogens with one attached hydrogen (secondary N) is 1. The molecule has 0 aliphatic rings. The number of hydrogen-bond acceptors (Lipinski definition) is 4. The lowest BCUT2D eigenvalue weighted by Gasteiger charge is -2.08. The van der Waals surface area contributed by atoms with Gasteiger partial charge in [-0.2, -0.15) is 0 Å². The van der Waals surface area contributed by atoms with Crippen molar-refractivity contribution >= 4 is 17.6 Å². The van der Waals surface area contributed by atoms with E-state index in [0.29, 0.717) is 11.4 Å². The highest BCUT2D eigenvalue weighted by atomic mass is 16.5. The van der Waals surface area contributed by atoms with Crippen LogP contribution < -0.4 is 10.1 Å². The number of aromatic nitrogens is 1. The molecule has 0 saturated heterocycles. The van der Waals surface area contributed by atoms with E-state index in [1.807, 2.05) is 0 Å². The lowest BCUT2D eigenvalue weighted by atomic mass is 10.2. The minimum Gasteiger partial charge on any atom is -0.477 e. The summed E-state index contributed by atoms with van der Waals surface area (Å²) in [5.41, 5.74) is 0.614. The Balaban J connectivity index is 2.18. The molecular formula is C14H12N2O4. The molecule has 0 aliphatic carbocycles. The molecule has 0 unspecified atom stereocenters. The molecule has 102 valence electrons. The van der Waals surface area contributed by atoms with E-state index in [9.17, 15) is 9.59 Å². The van der Waals surface area contributed by atoms with Crippen LogP contribution in [0.4, 0.5) is 5.69 Å². The van der Waals surface area contributed by atoms with Crippen LogP contribution in [0.25, 0.3) is 0 Å². The molecule has 20 heavy (non-hydrogen) atoms. The first-order valence-corrected chi connectivity index (χ1v) is 5.80. The number of carbonyl (C=O) groups excluding carboxylic acids is 1. The first kappa shape index (κ1) is 13.5. The van der Waals surface area contributed by atoms with Crippen LogP contribution in [0.15, 0.2) is 42.6 Å². The van der Waals surface area contributed by atoms with E-state index >= 15 is 0 Å². The largest absolute Gasteiger partial charge is 0.477 e. The highest BCUT2D eigenvalue weighted by Gasteiger charge is 2.12. The minimum atomic E-state index is -1.11. The fraction of sp³-hybridized carbons (Fsp3) is 0.0714. The van der Waals surface area contributed by atoms with Crippen molar-refractivity contribution in [1.82, 2.24) is 4.98 Å². The third-order valence-electron chi connectivity index (χ3n) is 2.39. The third kappa shape index (κ3) is 3.32. The molecular weight excluding hydrogens is 260 g/mol. The standard InChI is InChI=1S/C14H12N2O4/c1-9(17)16-10-4-6-11(7-5-10)20-13-12(14(18)19)3-2-8-15-13/h2-8H,1H3,(H,16,17)(H,18,19). The number of carboxylic acid groups (broad SMARTS) is 1. The number of aromatic carboxylic acids is 1. The highest BCUT2D eigenvalue weighted by Crippen LogP contribution is 2.24. The first-order chi connectivity index (χ1) is 9.56. The van der Waals surface area contributed by atoms with Crippen molar-refractivity contribution in [1.29, 1.82) is 0 Å². The Morgan fingerprint density at radius 3 is 2.50 bits per heavy atom. The van der Waals surface area contributed by atoms with Crippen LogP contribution in [0, 0.1) is 0 Å². The van der Waals surface area contributed by atoms with Gasteiger partial charge < -0.3 is 15.2 Å². The van der Waals surface area contributed by atoms with E-state index in [4.69, 9.17) is 9.84 Å². The molecule has 1 aromatic carbocycles. The van der Waals surface area contributed by atoms with Crippen LogP contribution in [0.1, 0.15) is 17.3 Å². The zero-order chi connectivity index (χ0) is 14.5. The van der Waals surface area contributed by atoms with Gasteiger partial charge in [-0.15, -0.1) is 0 Å². The number of carboxylic acids is 1. The smallest absolute Gasteiger partial charge is 0.341 e. The van der Waals surface area contributed by atoms with Gasteiger partial charge in [0, 0.05) is 18.8 Å². The molecule has 1 aromatic heterocycles. The van der Waals surface area contributed by atoms with Gasteiger partial charge in [0.1, 0.15) is 11.3 Å². The summed E-state index contributed by atoms with van der Waals surface area (Å²) >= 11 is 0. The van der Waals surface area contributed by atoms with Crippen molar-refractivity contribution in [3.63, 3.8) is 0 Å². The molecule has 0 aliphatic heterocycles. The van der Waals surface area contributed by atoms with Gasteiger partial charge in [0.25, 0.3) is 0 Å². The van der Waals surface area contributed by atoms with Crippen molar-refractivity contribution in [2.45, 2.75) is 6.92 Å². The number of anilines is 1. The van der Waals surface area contributed by atoms with Crippen molar-refractivity contribution in [2.75, 3.05) is 5.32 Å². The quantitative estimate of drug-likeness (QED) is 0.892. The molecule has 0 bridgehead atoms. The van der Waals surface area contributed by atoms with E-state index < -0.39 is 5.97 Å². The number of pyridine rings is 1. The molecule has 0 radical (unpaired) electrons. The molecule has 1 amide bonds. The van der Waals surface area contributed by atoms with Gasteiger partial charge in [-0.3, -0.25) is 4.79 Å². The number of benzene rings is 1. The molecule has 2 N–H and O–H groups in total. The van der Waals surface area contributed by atoms with E-state index in [1.54, 1.807) is 24.3 Å². The fourth-order valence-electron chi connectivity index (χ4n) is 1.56. The highest BCUT2D eigenvalue weighted by molar-refractivity contribution is 5.90. The van der Waals surface area contributed by atoms with Crippen LogP contribution >= 0.6 is 0 Å². The average Bonchev–Trinajstić information content (AvgIpc) is 2.41. The molecule has 0 fully saturated rings. The second kappa shape index (κ2) is 5.83. The number of carbonyl (C=O) groups is 2. The Morgan fingerprint density at radius 1 is 1.20 bits per heavy atom. The van der Waals surface area contributed by atoms with E-state index in [2.05, 4.69) is 10.3 Å². The van der Waals surface area contributed by atoms with Crippen LogP contribution in [-0.4, -0.2) is 22.0 Å². The van der Waals surface area contributed by atoms with Gasteiger partial charge in [0.2, 0.25) is 11.8 Å². The zero-order valence-electron chi connectivity index (χ0n) is 10.7. The second-order valence-corrected chi connectivity index (χ2v) is 3.97. The predicted octanol–water partition coefficient (Wildman–Crippen LogP) is 2.53. The normalized spacial score (nSPS) is 9.85. The molecule has 0 spiro atoms. The van der Waals surface area contributed by atoms with Crippen LogP contribution in [0.3, 0.4) is 0 Å². The SMILES string of the molecule is CC(=O)Nc1ccc(Oc2ncccc2C(=O)O)cc1. The molecule has 0 atom stereocenters. The molecule has 2 aromatic rings. The monoisotopic (exact) mass is 272 g/mol. The number of amides is 1. The summed E-state index contributed by atoms with van der Waals surface area (Å²) in [4.78, 5) is 25.8. The fourth-order valence-corrected chi connectivity index (χ4v) is 1.56. The number of nitrogens with zero attached hydrogens (tertiary/aromatic N) is 1. The summed E-state index contributed by atoms with van der Waals surface area (Å²) in [6, 6.07) is 9.48.